The van der Waals surface area contributed by atoms with E-state index in [0.29, 0.717) is 43.1 Å². The monoisotopic (exact) mass is 314 g/mol. The Balaban J connectivity index is 2.88. The van der Waals surface area contributed by atoms with Gasteiger partial charge in [-0.05, 0) is 37.3 Å². The lowest BCUT2D eigenvalue weighted by Gasteiger charge is -2.16. The SMILES string of the molecule is CCCOc1cc(F)c(CCC(CO)CO)cc1OCCC. The van der Waals surface area contributed by atoms with E-state index in [1.807, 2.05) is 13.8 Å². The van der Waals surface area contributed by atoms with Gasteiger partial charge in [0.2, 0.25) is 0 Å². The highest BCUT2D eigenvalue weighted by Gasteiger charge is 2.14. The normalized spacial score (nSPS) is 11.0. The largest absolute Gasteiger partial charge is 0.490 e. The molecule has 0 aliphatic rings. The Morgan fingerprint density at radius 3 is 2.05 bits per heavy atom. The van der Waals surface area contributed by atoms with E-state index in [0.717, 1.165) is 12.8 Å². The standard InChI is InChI=1S/C17H27FO4/c1-3-7-21-16-9-14(6-5-13(11-19)12-20)15(18)10-17(16)22-8-4-2/h9-10,13,19-20H,3-8,11-12H2,1-2H3. The summed E-state index contributed by atoms with van der Waals surface area (Å²) < 4.78 is 25.4. The predicted molar refractivity (Wildman–Crippen MR) is 84.0 cm³/mol. The molecule has 0 radical (unpaired) electrons. The number of aliphatic hydroxyl groups is 2. The summed E-state index contributed by atoms with van der Waals surface area (Å²) in [5, 5.41) is 18.2. The fourth-order valence-corrected chi connectivity index (χ4v) is 2.02. The van der Waals surface area contributed by atoms with E-state index >= 15 is 0 Å². The molecule has 22 heavy (non-hydrogen) atoms. The Kier molecular flexibility index (Phi) is 8.85. The van der Waals surface area contributed by atoms with Crippen LogP contribution in [0.5, 0.6) is 11.5 Å². The molecule has 0 heterocycles. The molecule has 0 aliphatic carbocycles. The predicted octanol–water partition coefficient (Wildman–Crippen LogP) is 2.94. The average Bonchev–Trinajstić information content (AvgIpc) is 2.53. The maximum Gasteiger partial charge on any atom is 0.164 e. The summed E-state index contributed by atoms with van der Waals surface area (Å²) in [5.41, 5.74) is 0.516. The Hall–Kier alpha value is -1.33. The maximum absolute atomic E-state index is 14.2. The van der Waals surface area contributed by atoms with Crippen molar-refractivity contribution in [3.8, 4) is 11.5 Å². The Bertz CT molecular complexity index is 433. The number of hydrogen-bond donors (Lipinski definition) is 2. The molecule has 0 fully saturated rings. The van der Waals surface area contributed by atoms with E-state index in [1.54, 1.807) is 6.07 Å². The molecule has 0 saturated carbocycles. The summed E-state index contributed by atoms with van der Waals surface area (Å²) in [7, 11) is 0. The number of aliphatic hydroxyl groups excluding tert-OH is 2. The van der Waals surface area contributed by atoms with E-state index in [4.69, 9.17) is 19.7 Å². The van der Waals surface area contributed by atoms with Gasteiger partial charge in [0.15, 0.2) is 11.5 Å². The van der Waals surface area contributed by atoms with Crippen molar-refractivity contribution in [1.82, 2.24) is 0 Å². The van der Waals surface area contributed by atoms with Crippen LogP contribution in [0.15, 0.2) is 12.1 Å². The molecule has 0 unspecified atom stereocenters. The Labute approximate surface area is 131 Å². The molecule has 5 heteroatoms. The van der Waals surface area contributed by atoms with Crippen molar-refractivity contribution in [2.75, 3.05) is 26.4 Å². The molecule has 0 saturated heterocycles. The summed E-state index contributed by atoms with van der Waals surface area (Å²) in [6.07, 6.45) is 2.66. The lowest BCUT2D eigenvalue weighted by Crippen LogP contribution is -2.12. The molecular formula is C17H27FO4. The molecule has 1 aromatic carbocycles. The summed E-state index contributed by atoms with van der Waals surface area (Å²) >= 11 is 0. The van der Waals surface area contributed by atoms with E-state index in [9.17, 15) is 4.39 Å². The zero-order chi connectivity index (χ0) is 16.4. The molecule has 1 rings (SSSR count). The number of rotatable bonds is 11. The zero-order valence-electron chi connectivity index (χ0n) is 13.5. The highest BCUT2D eigenvalue weighted by molar-refractivity contribution is 5.44. The van der Waals surface area contributed by atoms with Gasteiger partial charge in [0.1, 0.15) is 5.82 Å². The van der Waals surface area contributed by atoms with E-state index in [2.05, 4.69) is 0 Å². The molecule has 1 aromatic rings. The van der Waals surface area contributed by atoms with Gasteiger partial charge >= 0.3 is 0 Å². The van der Waals surface area contributed by atoms with E-state index < -0.39 is 0 Å². The van der Waals surface area contributed by atoms with Gasteiger partial charge in [0.25, 0.3) is 0 Å². The van der Waals surface area contributed by atoms with Crippen molar-refractivity contribution in [1.29, 1.82) is 0 Å². The van der Waals surface area contributed by atoms with Crippen LogP contribution >= 0.6 is 0 Å². The van der Waals surface area contributed by atoms with Crippen LogP contribution in [-0.2, 0) is 6.42 Å². The van der Waals surface area contributed by atoms with Crippen LogP contribution in [0.25, 0.3) is 0 Å². The number of halogens is 1. The molecule has 0 spiro atoms. The van der Waals surface area contributed by atoms with Crippen LogP contribution in [0.4, 0.5) is 4.39 Å². The molecule has 4 nitrogen and oxygen atoms in total. The van der Waals surface area contributed by atoms with Gasteiger partial charge in [-0.25, -0.2) is 4.39 Å². The molecule has 0 bridgehead atoms. The smallest absolute Gasteiger partial charge is 0.164 e. The van der Waals surface area contributed by atoms with Crippen molar-refractivity contribution < 1.29 is 24.1 Å². The fraction of sp³-hybridized carbons (Fsp3) is 0.647. The summed E-state index contributed by atoms with van der Waals surface area (Å²) in [6, 6.07) is 3.03. The second-order valence-electron chi connectivity index (χ2n) is 5.36. The van der Waals surface area contributed by atoms with Gasteiger partial charge in [0.05, 0.1) is 13.2 Å². The van der Waals surface area contributed by atoms with Crippen molar-refractivity contribution in [3.63, 3.8) is 0 Å². The average molecular weight is 314 g/mol. The van der Waals surface area contributed by atoms with Crippen molar-refractivity contribution >= 4 is 0 Å². The van der Waals surface area contributed by atoms with Crippen LogP contribution in [0.2, 0.25) is 0 Å². The first-order valence-corrected chi connectivity index (χ1v) is 7.95. The topological polar surface area (TPSA) is 58.9 Å². The third-order valence-corrected chi connectivity index (χ3v) is 3.37. The molecule has 126 valence electrons. The third-order valence-electron chi connectivity index (χ3n) is 3.37. The van der Waals surface area contributed by atoms with Crippen LogP contribution in [0.1, 0.15) is 38.7 Å². The fourth-order valence-electron chi connectivity index (χ4n) is 2.02. The lowest BCUT2D eigenvalue weighted by molar-refractivity contribution is 0.144. The van der Waals surface area contributed by atoms with Crippen molar-refractivity contribution in [3.05, 3.63) is 23.5 Å². The van der Waals surface area contributed by atoms with E-state index in [1.165, 1.54) is 6.07 Å². The Morgan fingerprint density at radius 1 is 1.00 bits per heavy atom. The number of benzene rings is 1. The highest BCUT2D eigenvalue weighted by atomic mass is 19.1. The number of hydrogen-bond acceptors (Lipinski definition) is 4. The summed E-state index contributed by atoms with van der Waals surface area (Å²) in [5.74, 6) is 0.411. The molecule has 0 atom stereocenters. The van der Waals surface area contributed by atoms with Crippen molar-refractivity contribution in [2.45, 2.75) is 39.5 Å². The van der Waals surface area contributed by atoms with Gasteiger partial charge in [-0.2, -0.15) is 0 Å². The summed E-state index contributed by atoms with van der Waals surface area (Å²) in [4.78, 5) is 0. The molecule has 0 amide bonds. The first-order chi connectivity index (χ1) is 10.7. The van der Waals surface area contributed by atoms with Crippen LogP contribution in [0, 0.1) is 11.7 Å². The minimum absolute atomic E-state index is 0.102. The molecule has 2 N–H and O–H groups in total. The van der Waals surface area contributed by atoms with Crippen LogP contribution in [-0.4, -0.2) is 36.6 Å². The lowest BCUT2D eigenvalue weighted by atomic mass is 10.00. The van der Waals surface area contributed by atoms with E-state index in [-0.39, 0.29) is 24.9 Å². The second kappa shape index (κ2) is 10.4. The minimum atomic E-state index is -0.343. The number of ether oxygens (including phenoxy) is 2. The number of aryl methyl sites for hydroxylation is 1. The first kappa shape index (κ1) is 18.7. The maximum atomic E-state index is 14.2. The third kappa shape index (κ3) is 5.81. The van der Waals surface area contributed by atoms with Gasteiger partial charge in [-0.3, -0.25) is 0 Å². The van der Waals surface area contributed by atoms with Gasteiger partial charge in [-0.1, -0.05) is 13.8 Å². The highest BCUT2D eigenvalue weighted by Crippen LogP contribution is 2.31. The second-order valence-corrected chi connectivity index (χ2v) is 5.36. The first-order valence-electron chi connectivity index (χ1n) is 7.95. The molecule has 0 aromatic heterocycles. The van der Waals surface area contributed by atoms with Crippen molar-refractivity contribution in [2.24, 2.45) is 5.92 Å². The van der Waals surface area contributed by atoms with Gasteiger partial charge < -0.3 is 19.7 Å². The Morgan fingerprint density at radius 2 is 1.55 bits per heavy atom. The van der Waals surface area contributed by atoms with Gasteiger partial charge in [0, 0.05) is 25.2 Å². The van der Waals surface area contributed by atoms with Gasteiger partial charge in [-0.15, -0.1) is 0 Å². The molecule has 0 aliphatic heterocycles. The quantitative estimate of drug-likeness (QED) is 0.659. The van der Waals surface area contributed by atoms with Crippen LogP contribution in [0.3, 0.4) is 0 Å². The zero-order valence-corrected chi connectivity index (χ0v) is 13.5. The summed E-state index contributed by atoms with van der Waals surface area (Å²) in [6.45, 7) is 4.84. The molecular weight excluding hydrogens is 287 g/mol. The minimum Gasteiger partial charge on any atom is -0.490 e. The van der Waals surface area contributed by atoms with Crippen LogP contribution < -0.4 is 9.47 Å².